The second-order valence-corrected chi connectivity index (χ2v) is 5.63. The zero-order chi connectivity index (χ0) is 13.5. The number of carbonyl (C=O) groups excluding carboxylic acids is 1. The van der Waals surface area contributed by atoms with Crippen LogP contribution in [0.25, 0.3) is 0 Å². The maximum Gasteiger partial charge on any atom is 0.224 e. The predicted octanol–water partition coefficient (Wildman–Crippen LogP) is 2.17. The normalized spacial score (nSPS) is 27.8. The molecule has 1 aromatic carbocycles. The van der Waals surface area contributed by atoms with E-state index < -0.39 is 11.7 Å². The molecular weight excluding hydrogens is 242 g/mol. The van der Waals surface area contributed by atoms with Crippen LogP contribution in [-0.4, -0.2) is 23.2 Å². The molecule has 0 aromatic heterocycles. The standard InChI is InChI=1S/C15H19NO3/c1-15(7-2-8-19-15)14(18)11-3-5-12-10(9-11)4-6-13(17)16-12/h3,5,9,14,18H,2,4,6-8H2,1H3,(H,16,17). The highest BCUT2D eigenvalue weighted by Gasteiger charge is 2.38. The molecule has 1 saturated heterocycles. The van der Waals surface area contributed by atoms with Gasteiger partial charge in [-0.15, -0.1) is 0 Å². The average Bonchev–Trinajstić information content (AvgIpc) is 2.85. The number of aliphatic hydroxyl groups is 1. The van der Waals surface area contributed by atoms with Gasteiger partial charge in [0.05, 0.1) is 5.60 Å². The Morgan fingerprint density at radius 2 is 2.26 bits per heavy atom. The lowest BCUT2D eigenvalue weighted by Gasteiger charge is -2.30. The molecule has 2 heterocycles. The van der Waals surface area contributed by atoms with Gasteiger partial charge in [-0.2, -0.15) is 0 Å². The van der Waals surface area contributed by atoms with Crippen molar-refractivity contribution in [1.29, 1.82) is 0 Å². The molecule has 102 valence electrons. The van der Waals surface area contributed by atoms with Gasteiger partial charge in [0.15, 0.2) is 0 Å². The number of amides is 1. The van der Waals surface area contributed by atoms with Gasteiger partial charge in [0.25, 0.3) is 0 Å². The molecule has 2 N–H and O–H groups in total. The molecule has 1 fully saturated rings. The molecule has 0 spiro atoms. The lowest BCUT2D eigenvalue weighted by molar-refractivity contribution is -0.116. The SMILES string of the molecule is CC1(C(O)c2ccc3c(c2)CCC(=O)N3)CCCO1. The lowest BCUT2D eigenvalue weighted by Crippen LogP contribution is -2.32. The van der Waals surface area contributed by atoms with Crippen LogP contribution < -0.4 is 5.32 Å². The number of carbonyl (C=O) groups is 1. The second-order valence-electron chi connectivity index (χ2n) is 5.63. The number of ether oxygens (including phenoxy) is 1. The molecule has 0 aliphatic carbocycles. The summed E-state index contributed by atoms with van der Waals surface area (Å²) in [6.07, 6.45) is 2.51. The summed E-state index contributed by atoms with van der Waals surface area (Å²) in [5.74, 6) is 0.0619. The van der Waals surface area contributed by atoms with E-state index in [-0.39, 0.29) is 5.91 Å². The minimum Gasteiger partial charge on any atom is -0.385 e. The summed E-state index contributed by atoms with van der Waals surface area (Å²) in [6.45, 7) is 2.68. The summed E-state index contributed by atoms with van der Waals surface area (Å²) in [6, 6.07) is 5.75. The smallest absolute Gasteiger partial charge is 0.224 e. The van der Waals surface area contributed by atoms with E-state index in [0.29, 0.717) is 13.0 Å². The van der Waals surface area contributed by atoms with Crippen LogP contribution >= 0.6 is 0 Å². The summed E-state index contributed by atoms with van der Waals surface area (Å²) in [5, 5.41) is 13.4. The molecule has 2 unspecified atom stereocenters. The monoisotopic (exact) mass is 261 g/mol. The van der Waals surface area contributed by atoms with Gasteiger partial charge >= 0.3 is 0 Å². The van der Waals surface area contributed by atoms with Crippen molar-refractivity contribution in [1.82, 2.24) is 0 Å². The molecule has 2 aliphatic rings. The first-order valence-corrected chi connectivity index (χ1v) is 6.83. The molecule has 4 heteroatoms. The van der Waals surface area contributed by atoms with E-state index in [1.54, 1.807) is 0 Å². The number of anilines is 1. The van der Waals surface area contributed by atoms with Gasteiger partial charge in [0, 0.05) is 18.7 Å². The van der Waals surface area contributed by atoms with Crippen LogP contribution in [0.4, 0.5) is 5.69 Å². The van der Waals surface area contributed by atoms with Gasteiger partial charge in [-0.05, 0) is 43.4 Å². The number of hydrogen-bond acceptors (Lipinski definition) is 3. The molecule has 2 aliphatic heterocycles. The predicted molar refractivity (Wildman–Crippen MR) is 71.9 cm³/mol. The Bertz CT molecular complexity index is 506. The lowest BCUT2D eigenvalue weighted by atomic mass is 9.88. The molecule has 4 nitrogen and oxygen atoms in total. The summed E-state index contributed by atoms with van der Waals surface area (Å²) < 4.78 is 5.70. The first kappa shape index (κ1) is 12.6. The molecule has 2 atom stereocenters. The highest BCUT2D eigenvalue weighted by Crippen LogP contribution is 2.38. The Balaban J connectivity index is 1.88. The van der Waals surface area contributed by atoms with E-state index in [4.69, 9.17) is 4.74 Å². The largest absolute Gasteiger partial charge is 0.385 e. The molecule has 0 radical (unpaired) electrons. The van der Waals surface area contributed by atoms with Crippen molar-refractivity contribution in [3.05, 3.63) is 29.3 Å². The Morgan fingerprint density at radius 3 is 3.00 bits per heavy atom. The van der Waals surface area contributed by atoms with E-state index in [2.05, 4.69) is 5.32 Å². The van der Waals surface area contributed by atoms with Crippen molar-refractivity contribution in [2.45, 2.75) is 44.3 Å². The number of nitrogens with one attached hydrogen (secondary N) is 1. The molecule has 1 aromatic rings. The van der Waals surface area contributed by atoms with Crippen LogP contribution in [0.1, 0.15) is 43.4 Å². The number of aryl methyl sites for hydroxylation is 1. The number of aliphatic hydroxyl groups excluding tert-OH is 1. The summed E-state index contributed by atoms with van der Waals surface area (Å²) in [7, 11) is 0. The zero-order valence-electron chi connectivity index (χ0n) is 11.1. The highest BCUT2D eigenvalue weighted by molar-refractivity contribution is 5.93. The fourth-order valence-electron chi connectivity index (χ4n) is 2.94. The van der Waals surface area contributed by atoms with E-state index in [1.165, 1.54) is 0 Å². The van der Waals surface area contributed by atoms with E-state index in [1.807, 2.05) is 25.1 Å². The van der Waals surface area contributed by atoms with Crippen molar-refractivity contribution in [3.8, 4) is 0 Å². The van der Waals surface area contributed by atoms with Gasteiger partial charge in [-0.1, -0.05) is 12.1 Å². The van der Waals surface area contributed by atoms with Crippen molar-refractivity contribution >= 4 is 11.6 Å². The highest BCUT2D eigenvalue weighted by atomic mass is 16.5. The van der Waals surface area contributed by atoms with Gasteiger partial charge < -0.3 is 15.2 Å². The maximum atomic E-state index is 11.3. The van der Waals surface area contributed by atoms with E-state index >= 15 is 0 Å². The topological polar surface area (TPSA) is 58.6 Å². The van der Waals surface area contributed by atoms with Gasteiger partial charge in [0.1, 0.15) is 6.10 Å². The minimum absolute atomic E-state index is 0.0619. The second kappa shape index (κ2) is 4.62. The summed E-state index contributed by atoms with van der Waals surface area (Å²) in [4.78, 5) is 11.3. The third-order valence-corrected chi connectivity index (χ3v) is 4.17. The van der Waals surface area contributed by atoms with Crippen molar-refractivity contribution < 1.29 is 14.6 Å². The summed E-state index contributed by atoms with van der Waals surface area (Å²) in [5.41, 5.74) is 2.35. The molecule has 19 heavy (non-hydrogen) atoms. The Labute approximate surface area is 112 Å². The van der Waals surface area contributed by atoms with E-state index in [0.717, 1.165) is 36.1 Å². The fourth-order valence-corrected chi connectivity index (χ4v) is 2.94. The number of rotatable bonds is 2. The van der Waals surface area contributed by atoms with Gasteiger partial charge in [-0.25, -0.2) is 0 Å². The Morgan fingerprint density at radius 1 is 1.42 bits per heavy atom. The zero-order valence-corrected chi connectivity index (χ0v) is 11.1. The van der Waals surface area contributed by atoms with E-state index in [9.17, 15) is 9.90 Å². The molecule has 1 amide bonds. The molecule has 0 bridgehead atoms. The third-order valence-electron chi connectivity index (χ3n) is 4.17. The fraction of sp³-hybridized carbons (Fsp3) is 0.533. The van der Waals surface area contributed by atoms with Crippen LogP contribution in [0.3, 0.4) is 0 Å². The van der Waals surface area contributed by atoms with Crippen molar-refractivity contribution in [2.75, 3.05) is 11.9 Å². The Hall–Kier alpha value is -1.39. The van der Waals surface area contributed by atoms with Gasteiger partial charge in [0.2, 0.25) is 5.91 Å². The van der Waals surface area contributed by atoms with Crippen molar-refractivity contribution in [3.63, 3.8) is 0 Å². The molecule has 0 saturated carbocycles. The first-order chi connectivity index (χ1) is 9.08. The third kappa shape index (κ3) is 2.26. The number of hydrogen-bond donors (Lipinski definition) is 2. The minimum atomic E-state index is -0.613. The average molecular weight is 261 g/mol. The molecule has 3 rings (SSSR count). The summed E-state index contributed by atoms with van der Waals surface area (Å²) >= 11 is 0. The quantitative estimate of drug-likeness (QED) is 0.857. The number of benzene rings is 1. The van der Waals surface area contributed by atoms with Crippen LogP contribution in [-0.2, 0) is 16.0 Å². The van der Waals surface area contributed by atoms with Crippen LogP contribution in [0, 0.1) is 0 Å². The van der Waals surface area contributed by atoms with Gasteiger partial charge in [-0.3, -0.25) is 4.79 Å². The van der Waals surface area contributed by atoms with Crippen molar-refractivity contribution in [2.24, 2.45) is 0 Å². The molecular formula is C15H19NO3. The number of fused-ring (bicyclic) bond motifs is 1. The van der Waals surface area contributed by atoms with Crippen LogP contribution in [0.2, 0.25) is 0 Å². The van der Waals surface area contributed by atoms with Crippen LogP contribution in [0.15, 0.2) is 18.2 Å². The maximum absolute atomic E-state index is 11.3. The van der Waals surface area contributed by atoms with Crippen LogP contribution in [0.5, 0.6) is 0 Å². The first-order valence-electron chi connectivity index (χ1n) is 6.83. The Kier molecular flexibility index (Phi) is 3.07.